The first kappa shape index (κ1) is 13.2. The third-order valence-electron chi connectivity index (χ3n) is 2.63. The Hall–Kier alpha value is -0.870. The summed E-state index contributed by atoms with van der Waals surface area (Å²) in [6, 6.07) is 2.93. The first-order valence-corrected chi connectivity index (χ1v) is 5.29. The second-order valence-corrected chi connectivity index (χ2v) is 3.82. The Balaban J connectivity index is 0.00000128. The Kier molecular flexibility index (Phi) is 5.49. The molecular formula is C11H16ClFN2O. The lowest BCUT2D eigenvalue weighted by molar-refractivity contribution is 0.208. The van der Waals surface area contributed by atoms with Crippen molar-refractivity contribution in [3.05, 3.63) is 24.1 Å². The molecule has 1 saturated heterocycles. The van der Waals surface area contributed by atoms with Gasteiger partial charge in [-0.1, -0.05) is 0 Å². The standard InChI is InChI=1S/C11H15FN2O.ClH/c12-10-1-2-11(14-7-10)15-8-9-3-5-13-6-4-9;/h1-2,7,9,13H,3-6,8H2;1H. The lowest BCUT2D eigenvalue weighted by atomic mass is 9.99. The van der Waals surface area contributed by atoms with Gasteiger partial charge >= 0.3 is 0 Å². The van der Waals surface area contributed by atoms with E-state index in [4.69, 9.17) is 4.74 Å². The fourth-order valence-electron chi connectivity index (χ4n) is 1.70. The van der Waals surface area contributed by atoms with Crippen LogP contribution < -0.4 is 10.1 Å². The Labute approximate surface area is 101 Å². The third-order valence-corrected chi connectivity index (χ3v) is 2.63. The summed E-state index contributed by atoms with van der Waals surface area (Å²) in [7, 11) is 0. The summed E-state index contributed by atoms with van der Waals surface area (Å²) >= 11 is 0. The van der Waals surface area contributed by atoms with Crippen molar-refractivity contribution in [1.82, 2.24) is 10.3 Å². The summed E-state index contributed by atoms with van der Waals surface area (Å²) in [5.41, 5.74) is 0. The average Bonchev–Trinajstić information content (AvgIpc) is 2.30. The normalized spacial score (nSPS) is 16.6. The van der Waals surface area contributed by atoms with Gasteiger partial charge in [0.1, 0.15) is 5.82 Å². The molecule has 1 N–H and O–H groups in total. The quantitative estimate of drug-likeness (QED) is 0.886. The maximum atomic E-state index is 12.6. The van der Waals surface area contributed by atoms with Gasteiger partial charge in [0.05, 0.1) is 12.8 Å². The minimum atomic E-state index is -0.329. The molecule has 2 heterocycles. The van der Waals surface area contributed by atoms with Crippen molar-refractivity contribution in [3.8, 4) is 5.88 Å². The summed E-state index contributed by atoms with van der Waals surface area (Å²) in [6.07, 6.45) is 3.46. The molecule has 5 heteroatoms. The monoisotopic (exact) mass is 246 g/mol. The van der Waals surface area contributed by atoms with E-state index in [0.717, 1.165) is 25.9 Å². The number of nitrogens with one attached hydrogen (secondary N) is 1. The van der Waals surface area contributed by atoms with Crippen LogP contribution in [0.5, 0.6) is 5.88 Å². The van der Waals surface area contributed by atoms with Crippen LogP contribution in [0.15, 0.2) is 18.3 Å². The van der Waals surface area contributed by atoms with Crippen LogP contribution >= 0.6 is 12.4 Å². The molecule has 1 fully saturated rings. The molecule has 0 amide bonds. The fourth-order valence-corrected chi connectivity index (χ4v) is 1.70. The zero-order valence-corrected chi connectivity index (χ0v) is 9.80. The Bertz CT molecular complexity index is 301. The predicted octanol–water partition coefficient (Wildman–Crippen LogP) is 2.02. The van der Waals surface area contributed by atoms with Crippen molar-refractivity contribution in [2.24, 2.45) is 5.92 Å². The molecule has 0 radical (unpaired) electrons. The Morgan fingerprint density at radius 2 is 2.12 bits per heavy atom. The van der Waals surface area contributed by atoms with Crippen molar-refractivity contribution in [3.63, 3.8) is 0 Å². The van der Waals surface area contributed by atoms with Gasteiger partial charge < -0.3 is 10.1 Å². The van der Waals surface area contributed by atoms with Gasteiger partial charge in [0.25, 0.3) is 0 Å². The number of aromatic nitrogens is 1. The van der Waals surface area contributed by atoms with Crippen LogP contribution in [-0.2, 0) is 0 Å². The lowest BCUT2D eigenvalue weighted by Crippen LogP contribution is -2.30. The highest BCUT2D eigenvalue weighted by molar-refractivity contribution is 5.85. The summed E-state index contributed by atoms with van der Waals surface area (Å²) < 4.78 is 18.1. The second kappa shape index (κ2) is 6.66. The van der Waals surface area contributed by atoms with E-state index in [1.165, 1.54) is 12.3 Å². The molecule has 1 aromatic rings. The van der Waals surface area contributed by atoms with Gasteiger partial charge in [-0.25, -0.2) is 9.37 Å². The van der Waals surface area contributed by atoms with Crippen LogP contribution in [0.25, 0.3) is 0 Å². The van der Waals surface area contributed by atoms with Crippen LogP contribution in [-0.4, -0.2) is 24.7 Å². The molecule has 3 nitrogen and oxygen atoms in total. The van der Waals surface area contributed by atoms with Crippen molar-refractivity contribution in [2.75, 3.05) is 19.7 Å². The van der Waals surface area contributed by atoms with Crippen LogP contribution in [0.4, 0.5) is 4.39 Å². The van der Waals surface area contributed by atoms with Gasteiger partial charge in [-0.15, -0.1) is 12.4 Å². The molecule has 0 atom stereocenters. The fraction of sp³-hybridized carbons (Fsp3) is 0.545. The number of hydrogen-bond acceptors (Lipinski definition) is 3. The van der Waals surface area contributed by atoms with Gasteiger partial charge in [-0.2, -0.15) is 0 Å². The molecule has 1 aliphatic rings. The lowest BCUT2D eigenvalue weighted by Gasteiger charge is -2.22. The van der Waals surface area contributed by atoms with Crippen molar-refractivity contribution >= 4 is 12.4 Å². The van der Waals surface area contributed by atoms with E-state index in [1.807, 2.05) is 0 Å². The van der Waals surface area contributed by atoms with E-state index in [9.17, 15) is 4.39 Å². The van der Waals surface area contributed by atoms with E-state index in [2.05, 4.69) is 10.3 Å². The summed E-state index contributed by atoms with van der Waals surface area (Å²) in [4.78, 5) is 3.85. The van der Waals surface area contributed by atoms with Crippen LogP contribution in [0.3, 0.4) is 0 Å². The maximum absolute atomic E-state index is 12.6. The van der Waals surface area contributed by atoms with Gasteiger partial charge in [-0.3, -0.25) is 0 Å². The van der Waals surface area contributed by atoms with E-state index in [1.54, 1.807) is 6.07 Å². The molecule has 0 aromatic carbocycles. The largest absolute Gasteiger partial charge is 0.477 e. The SMILES string of the molecule is Cl.Fc1ccc(OCC2CCNCC2)nc1. The molecule has 1 aliphatic heterocycles. The molecule has 2 rings (SSSR count). The molecule has 0 unspecified atom stereocenters. The van der Waals surface area contributed by atoms with Crippen LogP contribution in [0.1, 0.15) is 12.8 Å². The van der Waals surface area contributed by atoms with Gasteiger partial charge in [0.2, 0.25) is 5.88 Å². The van der Waals surface area contributed by atoms with Crippen molar-refractivity contribution in [2.45, 2.75) is 12.8 Å². The van der Waals surface area contributed by atoms with E-state index < -0.39 is 0 Å². The molecule has 0 spiro atoms. The molecule has 16 heavy (non-hydrogen) atoms. The van der Waals surface area contributed by atoms with Gasteiger partial charge in [0.15, 0.2) is 0 Å². The highest BCUT2D eigenvalue weighted by Crippen LogP contribution is 2.14. The number of halogens is 2. The Morgan fingerprint density at radius 3 is 2.75 bits per heavy atom. The topological polar surface area (TPSA) is 34.1 Å². The highest BCUT2D eigenvalue weighted by Gasteiger charge is 2.13. The molecule has 0 bridgehead atoms. The summed E-state index contributed by atoms with van der Waals surface area (Å²) in [5.74, 6) is 0.775. The first-order chi connectivity index (χ1) is 7.34. The number of hydrogen-bond donors (Lipinski definition) is 1. The van der Waals surface area contributed by atoms with Crippen LogP contribution in [0.2, 0.25) is 0 Å². The zero-order valence-electron chi connectivity index (χ0n) is 8.99. The van der Waals surface area contributed by atoms with Crippen molar-refractivity contribution in [1.29, 1.82) is 0 Å². The Morgan fingerprint density at radius 1 is 1.38 bits per heavy atom. The van der Waals surface area contributed by atoms with Crippen molar-refractivity contribution < 1.29 is 9.13 Å². The molecule has 90 valence electrons. The maximum Gasteiger partial charge on any atom is 0.213 e. The number of nitrogens with zero attached hydrogens (tertiary/aromatic N) is 1. The number of ether oxygens (including phenoxy) is 1. The summed E-state index contributed by atoms with van der Waals surface area (Å²) in [6.45, 7) is 2.80. The highest BCUT2D eigenvalue weighted by atomic mass is 35.5. The van der Waals surface area contributed by atoms with Gasteiger partial charge in [-0.05, 0) is 37.9 Å². The minimum Gasteiger partial charge on any atom is -0.477 e. The minimum absolute atomic E-state index is 0. The summed E-state index contributed by atoms with van der Waals surface area (Å²) in [5, 5.41) is 3.30. The van der Waals surface area contributed by atoms with Crippen LogP contribution in [0, 0.1) is 11.7 Å². The third kappa shape index (κ3) is 3.94. The second-order valence-electron chi connectivity index (χ2n) is 3.82. The molecule has 0 saturated carbocycles. The smallest absolute Gasteiger partial charge is 0.213 e. The molecule has 1 aromatic heterocycles. The van der Waals surface area contributed by atoms with E-state index in [0.29, 0.717) is 18.4 Å². The molecular weight excluding hydrogens is 231 g/mol. The first-order valence-electron chi connectivity index (χ1n) is 5.29. The predicted molar refractivity (Wildman–Crippen MR) is 62.5 cm³/mol. The zero-order chi connectivity index (χ0) is 10.5. The average molecular weight is 247 g/mol. The number of pyridine rings is 1. The number of piperidine rings is 1. The van der Waals surface area contributed by atoms with Gasteiger partial charge in [0, 0.05) is 6.07 Å². The van der Waals surface area contributed by atoms with E-state index >= 15 is 0 Å². The van der Waals surface area contributed by atoms with E-state index in [-0.39, 0.29) is 18.2 Å². The number of rotatable bonds is 3. The molecule has 0 aliphatic carbocycles.